The van der Waals surface area contributed by atoms with E-state index in [1.54, 1.807) is 0 Å². The second-order valence-electron chi connectivity index (χ2n) is 5.83. The van der Waals surface area contributed by atoms with Crippen molar-refractivity contribution in [2.45, 2.75) is 45.2 Å². The summed E-state index contributed by atoms with van der Waals surface area (Å²) in [6, 6.07) is 0.0784. The molecule has 1 atom stereocenters. The number of nitrogens with zero attached hydrogens (tertiary/aromatic N) is 1. The number of carbonyl (C=O) groups is 1. The largest absolute Gasteiger partial charge is 0.334 e. The Morgan fingerprint density at radius 3 is 2.44 bits per heavy atom. The molecule has 0 bridgehead atoms. The van der Waals surface area contributed by atoms with Gasteiger partial charge in [0.25, 0.3) is 0 Å². The molecule has 0 aromatic carbocycles. The minimum absolute atomic E-state index is 0.0895. The van der Waals surface area contributed by atoms with Gasteiger partial charge >= 0.3 is 6.03 Å². The average Bonchev–Trinajstić information content (AvgIpc) is 3.01. The van der Waals surface area contributed by atoms with E-state index in [0.717, 1.165) is 19.4 Å². The molecule has 0 radical (unpaired) electrons. The number of rotatable bonds is 4. The van der Waals surface area contributed by atoms with E-state index >= 15 is 0 Å². The fourth-order valence-corrected chi connectivity index (χ4v) is 4.02. The topological polar surface area (TPSA) is 66.5 Å². The van der Waals surface area contributed by atoms with Crippen LogP contribution in [-0.4, -0.2) is 49.5 Å². The van der Waals surface area contributed by atoms with Gasteiger partial charge in [-0.1, -0.05) is 13.8 Å². The monoisotopic (exact) mass is 274 g/mol. The third kappa shape index (κ3) is 3.60. The Morgan fingerprint density at radius 1 is 1.33 bits per heavy atom. The Kier molecular flexibility index (Phi) is 3.84. The number of urea groups is 1. The fraction of sp³-hybridized carbons (Fsp3) is 0.917. The van der Waals surface area contributed by atoms with E-state index < -0.39 is 9.84 Å². The highest BCUT2D eigenvalue weighted by molar-refractivity contribution is 7.91. The Bertz CT molecular complexity index is 415. The van der Waals surface area contributed by atoms with Crippen LogP contribution in [0, 0.1) is 5.92 Å². The first-order valence-corrected chi connectivity index (χ1v) is 8.47. The molecule has 1 saturated heterocycles. The maximum absolute atomic E-state index is 12.1. The summed E-state index contributed by atoms with van der Waals surface area (Å²) in [5.74, 6) is 0.730. The van der Waals surface area contributed by atoms with Gasteiger partial charge in [0.2, 0.25) is 0 Å². The third-order valence-electron chi connectivity index (χ3n) is 3.37. The summed E-state index contributed by atoms with van der Waals surface area (Å²) in [6.07, 6.45) is 2.69. The number of sulfone groups is 1. The summed E-state index contributed by atoms with van der Waals surface area (Å²) < 4.78 is 22.7. The molecular weight excluding hydrogens is 252 g/mol. The molecule has 2 fully saturated rings. The van der Waals surface area contributed by atoms with Gasteiger partial charge in [0, 0.05) is 18.6 Å². The lowest BCUT2D eigenvalue weighted by Crippen LogP contribution is -2.47. The van der Waals surface area contributed by atoms with Crippen molar-refractivity contribution < 1.29 is 13.2 Å². The summed E-state index contributed by atoms with van der Waals surface area (Å²) in [5, 5.41) is 2.87. The van der Waals surface area contributed by atoms with Crippen LogP contribution in [0.1, 0.15) is 33.1 Å². The lowest BCUT2D eigenvalue weighted by molar-refractivity contribution is 0.184. The Hall–Kier alpha value is -0.780. The quantitative estimate of drug-likeness (QED) is 0.832. The van der Waals surface area contributed by atoms with E-state index in [9.17, 15) is 13.2 Å². The molecule has 1 heterocycles. The van der Waals surface area contributed by atoms with Crippen LogP contribution in [-0.2, 0) is 9.84 Å². The molecule has 0 aromatic heterocycles. The molecule has 0 spiro atoms. The summed E-state index contributed by atoms with van der Waals surface area (Å²) >= 11 is 0. The standard InChI is InChI=1S/C12H22N2O3S/c1-9(2)7-14(11-3-4-11)12(15)13-10-5-6-18(16,17)8-10/h9-11H,3-8H2,1-2H3,(H,13,15). The predicted octanol–water partition coefficient (Wildman–Crippen LogP) is 1.00. The van der Waals surface area contributed by atoms with E-state index in [1.165, 1.54) is 0 Å². The van der Waals surface area contributed by atoms with Crippen LogP contribution in [0.5, 0.6) is 0 Å². The Labute approximate surface area is 109 Å². The zero-order valence-corrected chi connectivity index (χ0v) is 11.9. The summed E-state index contributed by atoms with van der Waals surface area (Å²) in [4.78, 5) is 14.0. The first kappa shape index (κ1) is 13.6. The van der Waals surface area contributed by atoms with Crippen molar-refractivity contribution in [3.05, 3.63) is 0 Å². The molecular formula is C12H22N2O3S. The minimum Gasteiger partial charge on any atom is -0.334 e. The summed E-state index contributed by atoms with van der Waals surface area (Å²) in [6.45, 7) is 4.92. The number of amides is 2. The lowest BCUT2D eigenvalue weighted by Gasteiger charge is -2.26. The van der Waals surface area contributed by atoms with Gasteiger partial charge in [0.1, 0.15) is 0 Å². The molecule has 1 saturated carbocycles. The SMILES string of the molecule is CC(C)CN(C(=O)NC1CCS(=O)(=O)C1)C1CC1. The number of hydrogen-bond acceptors (Lipinski definition) is 3. The van der Waals surface area contributed by atoms with Crippen LogP contribution >= 0.6 is 0 Å². The molecule has 1 unspecified atom stereocenters. The molecule has 0 aromatic rings. The number of nitrogens with one attached hydrogen (secondary N) is 1. The van der Waals surface area contributed by atoms with Gasteiger partial charge in [-0.25, -0.2) is 13.2 Å². The van der Waals surface area contributed by atoms with E-state index in [-0.39, 0.29) is 23.6 Å². The number of hydrogen-bond donors (Lipinski definition) is 1. The predicted molar refractivity (Wildman–Crippen MR) is 70.2 cm³/mol. The first-order valence-electron chi connectivity index (χ1n) is 6.65. The molecule has 2 rings (SSSR count). The molecule has 1 N–H and O–H groups in total. The van der Waals surface area contributed by atoms with Crippen LogP contribution in [0.4, 0.5) is 4.79 Å². The highest BCUT2D eigenvalue weighted by Gasteiger charge is 2.35. The Morgan fingerprint density at radius 2 is 2.00 bits per heavy atom. The van der Waals surface area contributed by atoms with Crippen molar-refractivity contribution in [2.24, 2.45) is 5.92 Å². The van der Waals surface area contributed by atoms with Crippen molar-refractivity contribution >= 4 is 15.9 Å². The average molecular weight is 274 g/mol. The molecule has 2 amide bonds. The van der Waals surface area contributed by atoms with Crippen molar-refractivity contribution in [1.82, 2.24) is 10.2 Å². The van der Waals surface area contributed by atoms with Gasteiger partial charge in [-0.05, 0) is 25.2 Å². The zero-order valence-electron chi connectivity index (χ0n) is 11.1. The van der Waals surface area contributed by atoms with Gasteiger partial charge in [-0.2, -0.15) is 0 Å². The lowest BCUT2D eigenvalue weighted by atomic mass is 10.2. The van der Waals surface area contributed by atoms with E-state index in [1.807, 2.05) is 4.90 Å². The minimum atomic E-state index is -2.93. The maximum atomic E-state index is 12.1. The molecule has 1 aliphatic heterocycles. The van der Waals surface area contributed by atoms with Gasteiger partial charge in [0.15, 0.2) is 9.84 Å². The third-order valence-corrected chi connectivity index (χ3v) is 5.14. The number of carbonyl (C=O) groups excluding carboxylic acids is 1. The second-order valence-corrected chi connectivity index (χ2v) is 8.06. The molecule has 104 valence electrons. The van der Waals surface area contributed by atoms with Crippen molar-refractivity contribution in [3.63, 3.8) is 0 Å². The Balaban J connectivity index is 1.89. The molecule has 5 nitrogen and oxygen atoms in total. The van der Waals surface area contributed by atoms with Crippen LogP contribution in [0.2, 0.25) is 0 Å². The van der Waals surface area contributed by atoms with Crippen LogP contribution in [0.15, 0.2) is 0 Å². The van der Waals surface area contributed by atoms with E-state index in [0.29, 0.717) is 18.4 Å². The highest BCUT2D eigenvalue weighted by atomic mass is 32.2. The molecule has 6 heteroatoms. The molecule has 18 heavy (non-hydrogen) atoms. The van der Waals surface area contributed by atoms with Crippen molar-refractivity contribution in [3.8, 4) is 0 Å². The van der Waals surface area contributed by atoms with E-state index in [2.05, 4.69) is 19.2 Å². The van der Waals surface area contributed by atoms with Gasteiger partial charge in [0.05, 0.1) is 11.5 Å². The smallest absolute Gasteiger partial charge is 0.317 e. The van der Waals surface area contributed by atoms with E-state index in [4.69, 9.17) is 0 Å². The second kappa shape index (κ2) is 5.07. The van der Waals surface area contributed by atoms with Crippen LogP contribution in [0.25, 0.3) is 0 Å². The fourth-order valence-electron chi connectivity index (χ4n) is 2.34. The first-order chi connectivity index (χ1) is 8.37. The van der Waals surface area contributed by atoms with Crippen LogP contribution < -0.4 is 5.32 Å². The van der Waals surface area contributed by atoms with Crippen LogP contribution in [0.3, 0.4) is 0 Å². The summed E-state index contributed by atoms with van der Waals surface area (Å²) in [5.41, 5.74) is 0. The molecule has 1 aliphatic carbocycles. The normalized spacial score (nSPS) is 26.3. The van der Waals surface area contributed by atoms with Gasteiger partial charge in [-0.3, -0.25) is 0 Å². The van der Waals surface area contributed by atoms with Crippen molar-refractivity contribution in [1.29, 1.82) is 0 Å². The summed E-state index contributed by atoms with van der Waals surface area (Å²) in [7, 11) is -2.93. The highest BCUT2D eigenvalue weighted by Crippen LogP contribution is 2.27. The maximum Gasteiger partial charge on any atom is 0.317 e. The van der Waals surface area contributed by atoms with Gasteiger partial charge < -0.3 is 10.2 Å². The van der Waals surface area contributed by atoms with Crippen molar-refractivity contribution in [2.75, 3.05) is 18.1 Å². The molecule has 2 aliphatic rings. The zero-order chi connectivity index (χ0) is 13.3. The van der Waals surface area contributed by atoms with Gasteiger partial charge in [-0.15, -0.1) is 0 Å².